The molecule has 0 aromatic heterocycles. The quantitative estimate of drug-likeness (QED) is 0.654. The van der Waals surface area contributed by atoms with Gasteiger partial charge in [0.1, 0.15) is 0 Å². The molecule has 0 saturated carbocycles. The Balaban J connectivity index is 2.49. The van der Waals surface area contributed by atoms with E-state index < -0.39 is 0 Å². The molecule has 0 spiro atoms. The van der Waals surface area contributed by atoms with Crippen LogP contribution in [0.4, 0.5) is 0 Å². The van der Waals surface area contributed by atoms with Gasteiger partial charge in [0, 0.05) is 0 Å². The molecule has 0 radical (unpaired) electrons. The van der Waals surface area contributed by atoms with Gasteiger partial charge in [-0.1, -0.05) is 45.0 Å². The van der Waals surface area contributed by atoms with Crippen LogP contribution in [0, 0.1) is 5.92 Å². The third kappa shape index (κ3) is 3.63. The highest BCUT2D eigenvalue weighted by Crippen LogP contribution is 2.10. The summed E-state index contributed by atoms with van der Waals surface area (Å²) in [5.41, 5.74) is 2.92. The van der Waals surface area contributed by atoms with Crippen molar-refractivity contribution in [3.05, 3.63) is 35.4 Å². The van der Waals surface area contributed by atoms with E-state index in [-0.39, 0.29) is 0 Å². The Hall–Kier alpha value is -0.780. The summed E-state index contributed by atoms with van der Waals surface area (Å²) >= 11 is 0. The van der Waals surface area contributed by atoms with Crippen molar-refractivity contribution in [1.82, 2.24) is 0 Å². The van der Waals surface area contributed by atoms with E-state index in [1.54, 1.807) is 0 Å². The first-order valence-corrected chi connectivity index (χ1v) is 5.30. The standard InChI is InChI=1S/C13H20/c1-4-12-7-9-13(10-8-12)6-5-11(2)3/h7-11H,4-6H2,1-3H3. The lowest BCUT2D eigenvalue weighted by atomic mass is 10.0. The van der Waals surface area contributed by atoms with Crippen molar-refractivity contribution in [3.8, 4) is 0 Å². The molecule has 1 rings (SSSR count). The van der Waals surface area contributed by atoms with Gasteiger partial charge in [0.2, 0.25) is 0 Å². The van der Waals surface area contributed by atoms with Crippen molar-refractivity contribution in [3.63, 3.8) is 0 Å². The summed E-state index contributed by atoms with van der Waals surface area (Å²) in [5.74, 6) is 0.811. The summed E-state index contributed by atoms with van der Waals surface area (Å²) in [4.78, 5) is 0. The van der Waals surface area contributed by atoms with Gasteiger partial charge in [0.25, 0.3) is 0 Å². The molecule has 0 amide bonds. The van der Waals surface area contributed by atoms with Gasteiger partial charge in [-0.25, -0.2) is 0 Å². The van der Waals surface area contributed by atoms with Gasteiger partial charge in [-0.15, -0.1) is 0 Å². The summed E-state index contributed by atoms with van der Waals surface area (Å²) in [6.45, 7) is 6.75. The summed E-state index contributed by atoms with van der Waals surface area (Å²) in [7, 11) is 0. The second-order valence-electron chi connectivity index (χ2n) is 4.10. The van der Waals surface area contributed by atoms with Crippen LogP contribution >= 0.6 is 0 Å². The first kappa shape index (κ1) is 10.3. The Kier molecular flexibility index (Phi) is 4.01. The zero-order valence-electron chi connectivity index (χ0n) is 9.01. The van der Waals surface area contributed by atoms with Crippen LogP contribution in [0.5, 0.6) is 0 Å². The topological polar surface area (TPSA) is 0 Å². The zero-order chi connectivity index (χ0) is 9.68. The van der Waals surface area contributed by atoms with Crippen LogP contribution in [0.25, 0.3) is 0 Å². The molecule has 0 aliphatic rings. The maximum Gasteiger partial charge on any atom is -0.0276 e. The molecule has 0 aliphatic carbocycles. The Morgan fingerprint density at radius 3 is 2.00 bits per heavy atom. The molecule has 0 heterocycles. The van der Waals surface area contributed by atoms with Crippen LogP contribution in [-0.2, 0) is 12.8 Å². The number of benzene rings is 1. The Bertz CT molecular complexity index is 231. The van der Waals surface area contributed by atoms with Crippen molar-refractivity contribution < 1.29 is 0 Å². The minimum Gasteiger partial charge on any atom is -0.0628 e. The second kappa shape index (κ2) is 5.06. The van der Waals surface area contributed by atoms with Crippen LogP contribution in [0.15, 0.2) is 24.3 Å². The van der Waals surface area contributed by atoms with Crippen molar-refractivity contribution >= 4 is 0 Å². The van der Waals surface area contributed by atoms with Gasteiger partial charge in [-0.2, -0.15) is 0 Å². The highest BCUT2D eigenvalue weighted by Gasteiger charge is 1.96. The van der Waals surface area contributed by atoms with Crippen LogP contribution < -0.4 is 0 Å². The fourth-order valence-corrected chi connectivity index (χ4v) is 1.40. The van der Waals surface area contributed by atoms with E-state index in [4.69, 9.17) is 0 Å². The predicted octanol–water partition coefficient (Wildman–Crippen LogP) is 3.84. The first-order chi connectivity index (χ1) is 6.22. The Morgan fingerprint density at radius 1 is 1.00 bits per heavy atom. The number of rotatable bonds is 4. The first-order valence-electron chi connectivity index (χ1n) is 5.30. The maximum atomic E-state index is 2.28. The van der Waals surface area contributed by atoms with Gasteiger partial charge < -0.3 is 0 Å². The summed E-state index contributed by atoms with van der Waals surface area (Å²) in [6.07, 6.45) is 3.66. The molecule has 0 N–H and O–H groups in total. The van der Waals surface area contributed by atoms with E-state index in [1.807, 2.05) is 0 Å². The third-order valence-electron chi connectivity index (χ3n) is 2.44. The van der Waals surface area contributed by atoms with Crippen LogP contribution in [0.1, 0.15) is 38.3 Å². The lowest BCUT2D eigenvalue weighted by molar-refractivity contribution is 0.586. The predicted molar refractivity (Wildman–Crippen MR) is 59.0 cm³/mol. The molecular formula is C13H20. The largest absolute Gasteiger partial charge is 0.0628 e. The van der Waals surface area contributed by atoms with Crippen LogP contribution in [0.2, 0.25) is 0 Å². The molecule has 0 aliphatic heterocycles. The molecule has 1 aromatic rings. The van der Waals surface area contributed by atoms with Gasteiger partial charge in [-0.3, -0.25) is 0 Å². The molecule has 0 heteroatoms. The van der Waals surface area contributed by atoms with Crippen molar-refractivity contribution in [1.29, 1.82) is 0 Å². The lowest BCUT2D eigenvalue weighted by Crippen LogP contribution is -1.92. The molecule has 0 saturated heterocycles. The van der Waals surface area contributed by atoms with Gasteiger partial charge in [0.15, 0.2) is 0 Å². The number of hydrogen-bond donors (Lipinski definition) is 0. The molecular weight excluding hydrogens is 156 g/mol. The van der Waals surface area contributed by atoms with Gasteiger partial charge >= 0.3 is 0 Å². The van der Waals surface area contributed by atoms with Crippen LogP contribution in [-0.4, -0.2) is 0 Å². The highest BCUT2D eigenvalue weighted by atomic mass is 14.0. The summed E-state index contributed by atoms with van der Waals surface area (Å²) < 4.78 is 0. The normalized spacial score (nSPS) is 10.8. The SMILES string of the molecule is CCc1ccc(CCC(C)C)cc1. The third-order valence-corrected chi connectivity index (χ3v) is 2.44. The van der Waals surface area contributed by atoms with E-state index in [2.05, 4.69) is 45.0 Å². The average molecular weight is 176 g/mol. The van der Waals surface area contributed by atoms with E-state index in [9.17, 15) is 0 Å². The smallest absolute Gasteiger partial charge is 0.0276 e. The molecule has 13 heavy (non-hydrogen) atoms. The monoisotopic (exact) mass is 176 g/mol. The van der Waals surface area contributed by atoms with Crippen molar-refractivity contribution in [2.24, 2.45) is 5.92 Å². The molecule has 0 bridgehead atoms. The number of aryl methyl sites for hydroxylation is 2. The fourth-order valence-electron chi connectivity index (χ4n) is 1.40. The molecule has 1 aromatic carbocycles. The minimum absolute atomic E-state index is 0.811. The fraction of sp³-hybridized carbons (Fsp3) is 0.538. The zero-order valence-corrected chi connectivity index (χ0v) is 9.01. The van der Waals surface area contributed by atoms with Crippen LogP contribution in [0.3, 0.4) is 0 Å². The van der Waals surface area contributed by atoms with E-state index in [0.717, 1.165) is 12.3 Å². The molecule has 0 unspecified atom stereocenters. The van der Waals surface area contributed by atoms with E-state index in [0.29, 0.717) is 0 Å². The minimum atomic E-state index is 0.811. The second-order valence-corrected chi connectivity index (χ2v) is 4.10. The highest BCUT2D eigenvalue weighted by molar-refractivity contribution is 5.22. The van der Waals surface area contributed by atoms with Gasteiger partial charge in [-0.05, 0) is 36.3 Å². The van der Waals surface area contributed by atoms with Crippen molar-refractivity contribution in [2.45, 2.75) is 40.0 Å². The Labute approximate surface area is 82.0 Å². The molecule has 72 valence electrons. The Morgan fingerprint density at radius 2 is 1.54 bits per heavy atom. The molecule has 0 atom stereocenters. The van der Waals surface area contributed by atoms with E-state index >= 15 is 0 Å². The summed E-state index contributed by atoms with van der Waals surface area (Å²) in [6, 6.07) is 9.02. The van der Waals surface area contributed by atoms with E-state index in [1.165, 1.54) is 24.0 Å². The molecule has 0 fully saturated rings. The van der Waals surface area contributed by atoms with Gasteiger partial charge in [0.05, 0.1) is 0 Å². The number of hydrogen-bond acceptors (Lipinski definition) is 0. The average Bonchev–Trinajstić information content (AvgIpc) is 2.15. The lowest BCUT2D eigenvalue weighted by Gasteiger charge is -2.05. The van der Waals surface area contributed by atoms with Crippen molar-refractivity contribution in [2.75, 3.05) is 0 Å². The molecule has 0 nitrogen and oxygen atoms in total. The maximum absolute atomic E-state index is 2.28. The summed E-state index contributed by atoms with van der Waals surface area (Å²) in [5, 5.41) is 0.